The SMILES string of the molecule is O/N=C(\c1cnn(-c2nc(-c3ccc(Cl)cc3)cs2)c1)c1ccccc1O. The molecule has 27 heavy (non-hydrogen) atoms. The minimum absolute atomic E-state index is 0.0253. The van der Waals surface area contributed by atoms with E-state index in [1.54, 1.807) is 35.3 Å². The van der Waals surface area contributed by atoms with Crippen molar-refractivity contribution in [1.29, 1.82) is 0 Å². The lowest BCUT2D eigenvalue weighted by atomic mass is 10.0. The van der Waals surface area contributed by atoms with E-state index in [9.17, 15) is 10.3 Å². The molecule has 8 heteroatoms. The summed E-state index contributed by atoms with van der Waals surface area (Å²) in [5.41, 5.74) is 2.98. The van der Waals surface area contributed by atoms with E-state index in [0.717, 1.165) is 11.3 Å². The standard InChI is InChI=1S/C19H13ClN4O2S/c20-14-7-5-12(6-8-14)16-11-27-19(22-16)24-10-13(9-21-24)18(23-26)15-3-1-2-4-17(15)25/h1-11,25-26H/b23-18+. The Morgan fingerprint density at radius 3 is 2.63 bits per heavy atom. The highest BCUT2D eigenvalue weighted by molar-refractivity contribution is 7.12. The quantitative estimate of drug-likeness (QED) is 0.300. The summed E-state index contributed by atoms with van der Waals surface area (Å²) in [6.45, 7) is 0. The molecule has 2 heterocycles. The molecule has 0 saturated heterocycles. The maximum Gasteiger partial charge on any atom is 0.210 e. The van der Waals surface area contributed by atoms with Crippen molar-refractivity contribution in [3.63, 3.8) is 0 Å². The molecule has 6 nitrogen and oxygen atoms in total. The van der Waals surface area contributed by atoms with Crippen molar-refractivity contribution < 1.29 is 10.3 Å². The third-order valence-electron chi connectivity index (χ3n) is 3.94. The minimum Gasteiger partial charge on any atom is -0.507 e. The Morgan fingerprint density at radius 1 is 1.11 bits per heavy atom. The number of phenolic OH excluding ortho intramolecular Hbond substituents is 1. The predicted molar refractivity (Wildman–Crippen MR) is 105 cm³/mol. The molecular formula is C19H13ClN4O2S. The van der Waals surface area contributed by atoms with Crippen molar-refractivity contribution in [3.8, 4) is 22.1 Å². The summed E-state index contributed by atoms with van der Waals surface area (Å²) in [5.74, 6) is 0.0253. The number of benzene rings is 2. The normalized spacial score (nSPS) is 11.7. The highest BCUT2D eigenvalue weighted by Crippen LogP contribution is 2.26. The summed E-state index contributed by atoms with van der Waals surface area (Å²) in [5, 5.41) is 30.3. The van der Waals surface area contributed by atoms with Crippen LogP contribution in [0.3, 0.4) is 0 Å². The van der Waals surface area contributed by atoms with Gasteiger partial charge >= 0.3 is 0 Å². The van der Waals surface area contributed by atoms with Crippen molar-refractivity contribution >= 4 is 28.6 Å². The highest BCUT2D eigenvalue weighted by atomic mass is 35.5. The molecule has 2 aromatic heterocycles. The van der Waals surface area contributed by atoms with Crippen molar-refractivity contribution in [1.82, 2.24) is 14.8 Å². The summed E-state index contributed by atoms with van der Waals surface area (Å²) in [6, 6.07) is 14.1. The van der Waals surface area contributed by atoms with Crippen LogP contribution in [0.4, 0.5) is 0 Å². The molecule has 0 amide bonds. The van der Waals surface area contributed by atoms with Crippen molar-refractivity contribution in [2.24, 2.45) is 5.16 Å². The van der Waals surface area contributed by atoms with Gasteiger partial charge in [-0.1, -0.05) is 41.0 Å². The second-order valence-corrected chi connectivity index (χ2v) is 6.93. The number of para-hydroxylation sites is 1. The van der Waals surface area contributed by atoms with Gasteiger partial charge in [-0.15, -0.1) is 11.3 Å². The van der Waals surface area contributed by atoms with Gasteiger partial charge in [0, 0.05) is 33.3 Å². The van der Waals surface area contributed by atoms with Crippen LogP contribution in [-0.2, 0) is 0 Å². The number of phenols is 1. The molecule has 2 aromatic carbocycles. The third-order valence-corrected chi connectivity index (χ3v) is 5.03. The molecule has 0 atom stereocenters. The summed E-state index contributed by atoms with van der Waals surface area (Å²) in [7, 11) is 0. The smallest absolute Gasteiger partial charge is 0.210 e. The Kier molecular flexibility index (Phi) is 4.62. The molecular weight excluding hydrogens is 384 g/mol. The molecule has 0 radical (unpaired) electrons. The lowest BCUT2D eigenvalue weighted by molar-refractivity contribution is 0.319. The Bertz CT molecular complexity index is 1120. The number of rotatable bonds is 4. The van der Waals surface area contributed by atoms with Gasteiger partial charge in [-0.2, -0.15) is 5.10 Å². The monoisotopic (exact) mass is 396 g/mol. The van der Waals surface area contributed by atoms with Gasteiger partial charge in [0.25, 0.3) is 0 Å². The van der Waals surface area contributed by atoms with Gasteiger partial charge in [0.2, 0.25) is 5.13 Å². The van der Waals surface area contributed by atoms with E-state index >= 15 is 0 Å². The first-order valence-electron chi connectivity index (χ1n) is 7.93. The Balaban J connectivity index is 1.65. The molecule has 0 bridgehead atoms. The lowest BCUT2D eigenvalue weighted by Crippen LogP contribution is -2.02. The number of thiazole rings is 1. The molecule has 0 saturated carbocycles. The Labute approximate surface area is 163 Å². The van der Waals surface area contributed by atoms with Crippen LogP contribution in [0.1, 0.15) is 11.1 Å². The fourth-order valence-corrected chi connectivity index (χ4v) is 3.50. The maximum atomic E-state index is 10.0. The van der Waals surface area contributed by atoms with Gasteiger partial charge in [0.1, 0.15) is 11.5 Å². The molecule has 134 valence electrons. The number of oxime groups is 1. The number of nitrogens with zero attached hydrogens (tertiary/aromatic N) is 4. The largest absolute Gasteiger partial charge is 0.507 e. The fraction of sp³-hybridized carbons (Fsp3) is 0. The van der Waals surface area contributed by atoms with Gasteiger partial charge < -0.3 is 10.3 Å². The van der Waals surface area contributed by atoms with E-state index in [-0.39, 0.29) is 11.5 Å². The molecule has 0 aliphatic carbocycles. The van der Waals surface area contributed by atoms with E-state index in [1.807, 2.05) is 29.6 Å². The molecule has 4 rings (SSSR count). The molecule has 4 aromatic rings. The lowest BCUT2D eigenvalue weighted by Gasteiger charge is -2.04. The number of halogens is 1. The van der Waals surface area contributed by atoms with E-state index in [2.05, 4.69) is 15.2 Å². The number of hydrogen-bond donors (Lipinski definition) is 2. The molecule has 0 spiro atoms. The first-order chi connectivity index (χ1) is 13.2. The minimum atomic E-state index is 0.0253. The zero-order valence-corrected chi connectivity index (χ0v) is 15.4. The van der Waals surface area contributed by atoms with Gasteiger partial charge in [0.05, 0.1) is 11.9 Å². The second kappa shape index (κ2) is 7.22. The molecule has 0 unspecified atom stereocenters. The first kappa shape index (κ1) is 17.3. The predicted octanol–water partition coefficient (Wildman–Crippen LogP) is 4.58. The van der Waals surface area contributed by atoms with E-state index in [0.29, 0.717) is 21.3 Å². The van der Waals surface area contributed by atoms with Crippen LogP contribution in [0.2, 0.25) is 5.02 Å². The fourth-order valence-electron chi connectivity index (χ4n) is 2.61. The van der Waals surface area contributed by atoms with E-state index < -0.39 is 0 Å². The van der Waals surface area contributed by atoms with Gasteiger partial charge in [0.15, 0.2) is 0 Å². The molecule has 2 N–H and O–H groups in total. The topological polar surface area (TPSA) is 83.5 Å². The molecule has 0 fully saturated rings. The summed E-state index contributed by atoms with van der Waals surface area (Å²) in [4.78, 5) is 4.59. The van der Waals surface area contributed by atoms with Gasteiger partial charge in [-0.05, 0) is 24.3 Å². The number of hydrogen-bond acceptors (Lipinski definition) is 6. The molecule has 0 aliphatic heterocycles. The van der Waals surface area contributed by atoms with E-state index in [4.69, 9.17) is 11.6 Å². The number of aromatic hydroxyl groups is 1. The van der Waals surface area contributed by atoms with Crippen LogP contribution in [0.5, 0.6) is 5.75 Å². The van der Waals surface area contributed by atoms with Crippen LogP contribution in [0.25, 0.3) is 16.4 Å². The average Bonchev–Trinajstić information content (AvgIpc) is 3.34. The van der Waals surface area contributed by atoms with Crippen molar-refractivity contribution in [2.75, 3.05) is 0 Å². The highest BCUT2D eigenvalue weighted by Gasteiger charge is 2.15. The first-order valence-corrected chi connectivity index (χ1v) is 9.19. The van der Waals surface area contributed by atoms with Crippen molar-refractivity contribution in [3.05, 3.63) is 82.5 Å². The summed E-state index contributed by atoms with van der Waals surface area (Å²) < 4.78 is 1.60. The zero-order valence-electron chi connectivity index (χ0n) is 13.8. The van der Waals surface area contributed by atoms with Gasteiger partial charge in [-0.3, -0.25) is 0 Å². The van der Waals surface area contributed by atoms with Crippen LogP contribution in [0, 0.1) is 0 Å². The summed E-state index contributed by atoms with van der Waals surface area (Å²) in [6.07, 6.45) is 3.26. The van der Waals surface area contributed by atoms with Gasteiger partial charge in [-0.25, -0.2) is 9.67 Å². The zero-order chi connectivity index (χ0) is 18.8. The maximum absolute atomic E-state index is 10.0. The Hall–Kier alpha value is -3.16. The number of aromatic nitrogens is 3. The van der Waals surface area contributed by atoms with Crippen LogP contribution in [0.15, 0.2) is 71.5 Å². The van der Waals surface area contributed by atoms with Crippen LogP contribution in [-0.4, -0.2) is 30.8 Å². The Morgan fingerprint density at radius 2 is 1.89 bits per heavy atom. The van der Waals surface area contributed by atoms with Crippen LogP contribution >= 0.6 is 22.9 Å². The van der Waals surface area contributed by atoms with Crippen molar-refractivity contribution in [2.45, 2.75) is 0 Å². The van der Waals surface area contributed by atoms with Crippen LogP contribution < -0.4 is 0 Å². The second-order valence-electron chi connectivity index (χ2n) is 5.66. The average molecular weight is 397 g/mol. The summed E-state index contributed by atoms with van der Waals surface area (Å²) >= 11 is 7.36. The third kappa shape index (κ3) is 3.42. The van der Waals surface area contributed by atoms with E-state index in [1.165, 1.54) is 17.4 Å². The molecule has 0 aliphatic rings.